The second-order valence-electron chi connectivity index (χ2n) is 4.48. The van der Waals surface area contributed by atoms with E-state index in [0.29, 0.717) is 11.4 Å². The van der Waals surface area contributed by atoms with Gasteiger partial charge in [-0.05, 0) is 24.3 Å². The summed E-state index contributed by atoms with van der Waals surface area (Å²) in [5.41, 5.74) is 0.689. The second kappa shape index (κ2) is 5.64. The van der Waals surface area contributed by atoms with Gasteiger partial charge in [-0.25, -0.2) is 9.69 Å². The van der Waals surface area contributed by atoms with Crippen LogP contribution in [0.3, 0.4) is 0 Å². The van der Waals surface area contributed by atoms with Gasteiger partial charge in [0.1, 0.15) is 0 Å². The van der Waals surface area contributed by atoms with E-state index in [0.717, 1.165) is 4.90 Å². The predicted octanol–water partition coefficient (Wildman–Crippen LogP) is 3.21. The fraction of sp³-hybridized carbons (Fsp3) is 0.0667. The molecule has 0 aromatic heterocycles. The molecule has 1 fully saturated rings. The summed E-state index contributed by atoms with van der Waals surface area (Å²) in [5, 5.41) is 10.1. The molecule has 1 N–H and O–H groups in total. The van der Waals surface area contributed by atoms with Crippen molar-refractivity contribution in [3.63, 3.8) is 0 Å². The first-order valence-corrected chi connectivity index (χ1v) is 7.48. The van der Waals surface area contributed by atoms with E-state index in [4.69, 9.17) is 0 Å². The molecule has 0 radical (unpaired) electrons. The number of hydrogen-bond donors (Lipinski definition) is 1. The zero-order valence-corrected chi connectivity index (χ0v) is 12.0. The Morgan fingerprint density at radius 3 is 1.95 bits per heavy atom. The van der Waals surface area contributed by atoms with Crippen molar-refractivity contribution in [2.45, 2.75) is 5.97 Å². The van der Waals surface area contributed by atoms with E-state index in [1.807, 2.05) is 12.1 Å². The maximum absolute atomic E-state index is 12.6. The average molecular weight is 300 g/mol. The predicted molar refractivity (Wildman–Crippen MR) is 83.0 cm³/mol. The van der Waals surface area contributed by atoms with Crippen LogP contribution in [-0.4, -0.2) is 22.8 Å². The molecule has 2 aromatic rings. The van der Waals surface area contributed by atoms with E-state index in [1.165, 1.54) is 4.90 Å². The first kappa shape index (κ1) is 13.7. The van der Waals surface area contributed by atoms with Crippen LogP contribution >= 0.6 is 8.58 Å². The maximum atomic E-state index is 12.6. The summed E-state index contributed by atoms with van der Waals surface area (Å²) in [6.07, 6.45) is 0. The number of anilines is 2. The number of aliphatic hydroxyl groups is 1. The van der Waals surface area contributed by atoms with Crippen molar-refractivity contribution in [3.05, 3.63) is 60.7 Å². The van der Waals surface area contributed by atoms with Gasteiger partial charge in [-0.15, -0.1) is 0 Å². The molecule has 106 valence electrons. The molecule has 0 spiro atoms. The standard InChI is InChI=1S/C15H13N2O3P/c18-13-16(11-7-3-1-4-8-11)14(19)21-15(20)17(13)12-9-5-2-6-10-12/h1-10,14,19,21H. The second-order valence-corrected chi connectivity index (χ2v) is 5.72. The van der Waals surface area contributed by atoms with Crippen molar-refractivity contribution >= 4 is 31.6 Å². The van der Waals surface area contributed by atoms with Crippen LogP contribution in [0.25, 0.3) is 0 Å². The molecule has 1 aliphatic heterocycles. The Bertz CT molecular complexity index is 663. The molecule has 0 aliphatic carbocycles. The summed E-state index contributed by atoms with van der Waals surface area (Å²) in [4.78, 5) is 27.1. The molecular formula is C15H13N2O3P. The lowest BCUT2D eigenvalue weighted by Crippen LogP contribution is -2.53. The molecule has 2 aromatic carbocycles. The summed E-state index contributed by atoms with van der Waals surface area (Å²) in [6.45, 7) is 0. The number of carbonyl (C=O) groups is 2. The first-order valence-electron chi connectivity index (χ1n) is 6.40. The summed E-state index contributed by atoms with van der Waals surface area (Å²) >= 11 is 0. The third-order valence-corrected chi connectivity index (χ3v) is 4.13. The SMILES string of the molecule is O=C1PC(O)N(c2ccccc2)C(=O)N1c1ccccc1. The van der Waals surface area contributed by atoms with E-state index in [-0.39, 0.29) is 5.65 Å². The number of para-hydroxylation sites is 2. The molecule has 3 rings (SSSR count). The van der Waals surface area contributed by atoms with Crippen molar-refractivity contribution in [2.24, 2.45) is 0 Å². The molecule has 21 heavy (non-hydrogen) atoms. The summed E-state index contributed by atoms with van der Waals surface area (Å²) in [5.74, 6) is -1.12. The Morgan fingerprint density at radius 2 is 1.38 bits per heavy atom. The van der Waals surface area contributed by atoms with Gasteiger partial charge in [0.2, 0.25) is 0 Å². The molecule has 2 atom stereocenters. The largest absolute Gasteiger partial charge is 0.369 e. The van der Waals surface area contributed by atoms with Gasteiger partial charge < -0.3 is 5.11 Å². The van der Waals surface area contributed by atoms with Crippen molar-refractivity contribution < 1.29 is 14.7 Å². The fourth-order valence-electron chi connectivity index (χ4n) is 2.18. The number of imide groups is 1. The summed E-state index contributed by atoms with van der Waals surface area (Å²) in [6, 6.07) is 17.0. The van der Waals surface area contributed by atoms with Crippen LogP contribution in [0.4, 0.5) is 21.0 Å². The van der Waals surface area contributed by atoms with Gasteiger partial charge in [0.15, 0.2) is 5.97 Å². The molecule has 1 aliphatic rings. The highest BCUT2D eigenvalue weighted by atomic mass is 31.1. The van der Waals surface area contributed by atoms with Gasteiger partial charge in [-0.1, -0.05) is 36.4 Å². The number of benzene rings is 2. The quantitative estimate of drug-likeness (QED) is 0.866. The van der Waals surface area contributed by atoms with Gasteiger partial charge in [0.05, 0.1) is 5.69 Å². The topological polar surface area (TPSA) is 60.9 Å². The van der Waals surface area contributed by atoms with E-state index in [2.05, 4.69) is 0 Å². The first-order chi connectivity index (χ1) is 10.2. The van der Waals surface area contributed by atoms with E-state index >= 15 is 0 Å². The van der Waals surface area contributed by atoms with Crippen molar-refractivity contribution in [1.82, 2.24) is 0 Å². The molecular weight excluding hydrogens is 287 g/mol. The van der Waals surface area contributed by atoms with Crippen molar-refractivity contribution in [2.75, 3.05) is 9.80 Å². The molecule has 3 amide bonds. The Balaban J connectivity index is 2.00. The maximum Gasteiger partial charge on any atom is 0.338 e. The van der Waals surface area contributed by atoms with Crippen LogP contribution < -0.4 is 9.80 Å². The Hall–Kier alpha value is -2.23. The molecule has 1 saturated heterocycles. The van der Waals surface area contributed by atoms with E-state index < -0.39 is 20.6 Å². The van der Waals surface area contributed by atoms with Crippen LogP contribution in [-0.2, 0) is 0 Å². The van der Waals surface area contributed by atoms with Crippen molar-refractivity contribution in [1.29, 1.82) is 0 Å². The Kier molecular flexibility index (Phi) is 3.69. The number of urea groups is 1. The lowest BCUT2D eigenvalue weighted by atomic mass is 10.3. The lowest BCUT2D eigenvalue weighted by Gasteiger charge is -2.37. The van der Waals surface area contributed by atoms with Gasteiger partial charge >= 0.3 is 6.03 Å². The average Bonchev–Trinajstić information content (AvgIpc) is 2.49. The van der Waals surface area contributed by atoms with Gasteiger partial charge in [0.25, 0.3) is 5.65 Å². The van der Waals surface area contributed by atoms with Crippen LogP contribution in [0.2, 0.25) is 0 Å². The van der Waals surface area contributed by atoms with Crippen LogP contribution in [0.5, 0.6) is 0 Å². The fourth-order valence-corrected chi connectivity index (χ4v) is 3.15. The van der Waals surface area contributed by atoms with Crippen LogP contribution in [0, 0.1) is 0 Å². The number of carbonyl (C=O) groups excluding carboxylic acids is 2. The molecule has 0 saturated carbocycles. The number of nitrogens with zero attached hydrogens (tertiary/aromatic N) is 2. The van der Waals surface area contributed by atoms with Gasteiger partial charge in [0, 0.05) is 14.3 Å². The minimum absolute atomic E-state index is 0.383. The number of rotatable bonds is 2. The number of hydrogen-bond acceptors (Lipinski definition) is 3. The van der Waals surface area contributed by atoms with Gasteiger partial charge in [-0.2, -0.15) is 0 Å². The molecule has 1 heterocycles. The highest BCUT2D eigenvalue weighted by Crippen LogP contribution is 2.37. The van der Waals surface area contributed by atoms with Crippen LogP contribution in [0.1, 0.15) is 0 Å². The minimum atomic E-state index is -1.12. The van der Waals surface area contributed by atoms with Crippen LogP contribution in [0.15, 0.2) is 60.7 Å². The summed E-state index contributed by atoms with van der Waals surface area (Å²) in [7, 11) is -0.405. The third-order valence-electron chi connectivity index (χ3n) is 3.15. The molecule has 2 unspecified atom stereocenters. The molecule has 5 nitrogen and oxygen atoms in total. The normalized spacial score (nSPS) is 20.1. The Morgan fingerprint density at radius 1 is 0.857 bits per heavy atom. The monoisotopic (exact) mass is 300 g/mol. The van der Waals surface area contributed by atoms with Crippen molar-refractivity contribution in [3.8, 4) is 0 Å². The van der Waals surface area contributed by atoms with E-state index in [9.17, 15) is 14.7 Å². The minimum Gasteiger partial charge on any atom is -0.369 e. The highest BCUT2D eigenvalue weighted by molar-refractivity contribution is 7.59. The number of amides is 3. The lowest BCUT2D eigenvalue weighted by molar-refractivity contribution is 0.218. The molecule has 6 heteroatoms. The van der Waals surface area contributed by atoms with E-state index in [1.54, 1.807) is 48.5 Å². The Labute approximate surface area is 123 Å². The zero-order valence-electron chi connectivity index (χ0n) is 11.0. The third kappa shape index (κ3) is 2.53. The zero-order chi connectivity index (χ0) is 14.8. The summed E-state index contributed by atoms with van der Waals surface area (Å²) < 4.78 is 0. The van der Waals surface area contributed by atoms with Gasteiger partial charge in [-0.3, -0.25) is 9.69 Å². The smallest absolute Gasteiger partial charge is 0.338 e. The number of aliphatic hydroxyl groups excluding tert-OH is 1. The highest BCUT2D eigenvalue weighted by Gasteiger charge is 2.39. The molecule has 0 bridgehead atoms.